The van der Waals surface area contributed by atoms with Crippen molar-refractivity contribution in [3.63, 3.8) is 0 Å². The average molecular weight is 1360 g/mol. The molecule has 6 atom stereocenters. The molecule has 0 radical (unpaired) electrons. The Kier molecular flexibility index (Phi) is 23.3. The molecule has 0 saturated heterocycles. The first-order chi connectivity index (χ1) is 43.6. The Morgan fingerprint density at radius 1 is 0.441 bits per heavy atom. The number of carbonyl (C=O) groups excluding carboxylic acids is 3. The van der Waals surface area contributed by atoms with Crippen molar-refractivity contribution in [2.24, 2.45) is 0 Å². The van der Waals surface area contributed by atoms with Gasteiger partial charge in [-0.05, 0) is 105 Å². The smallest absolute Gasteiger partial charge is 0.331 e. The number of halogens is 3. The minimum absolute atomic E-state index is 0.0236. The summed E-state index contributed by atoms with van der Waals surface area (Å²) in [6.07, 6.45) is 3.13. The Labute approximate surface area is 540 Å². The highest BCUT2D eigenvalue weighted by Gasteiger charge is 2.34. The van der Waals surface area contributed by atoms with Crippen LogP contribution in [0.15, 0.2) is 69.7 Å². The highest BCUT2D eigenvalue weighted by atomic mass is 32.2. The first-order valence-electron chi connectivity index (χ1n) is 29.9. The second kappa shape index (κ2) is 30.0. The number of nitrogens with zero attached hydrogens (tertiary/aromatic N) is 6. The van der Waals surface area contributed by atoms with Crippen LogP contribution in [0.1, 0.15) is 152 Å². The van der Waals surface area contributed by atoms with Crippen molar-refractivity contribution in [3.05, 3.63) is 106 Å². The maximum Gasteiger partial charge on any atom is 0.331 e. The second-order valence-corrected chi connectivity index (χ2v) is 29.4. The van der Waals surface area contributed by atoms with E-state index in [9.17, 15) is 40.2 Å². The number of carbonyl (C=O) groups is 3. The van der Waals surface area contributed by atoms with E-state index in [1.165, 1.54) is 69.0 Å². The predicted molar refractivity (Wildman–Crippen MR) is 343 cm³/mol. The third kappa shape index (κ3) is 17.2. The van der Waals surface area contributed by atoms with Crippen LogP contribution in [-0.2, 0) is 63.6 Å². The average Bonchev–Trinajstić information content (AvgIpc) is 1.76. The number of amides is 6. The summed E-state index contributed by atoms with van der Waals surface area (Å²) < 4.78 is 150. The van der Waals surface area contributed by atoms with E-state index in [1.807, 2.05) is 83.1 Å². The van der Waals surface area contributed by atoms with E-state index in [2.05, 4.69) is 45.4 Å². The monoisotopic (exact) mass is 1360 g/mol. The van der Waals surface area contributed by atoms with Gasteiger partial charge in [0.2, 0.25) is 17.6 Å². The number of methoxy groups -OCH3 is 3. The molecule has 27 nitrogen and oxygen atoms in total. The van der Waals surface area contributed by atoms with Crippen molar-refractivity contribution in [2.75, 3.05) is 57.1 Å². The molecule has 0 aliphatic carbocycles. The zero-order chi connectivity index (χ0) is 68.8. The molecule has 6 aromatic rings. The van der Waals surface area contributed by atoms with E-state index in [0.29, 0.717) is 70.1 Å². The number of hydrogen-bond donors (Lipinski definition) is 9. The fourth-order valence-corrected chi connectivity index (χ4v) is 13.3. The van der Waals surface area contributed by atoms with E-state index in [4.69, 9.17) is 42.8 Å². The Morgan fingerprint density at radius 3 is 0.828 bits per heavy atom. The van der Waals surface area contributed by atoms with Crippen molar-refractivity contribution in [3.8, 4) is 17.6 Å². The fraction of sp³-hybridized carbons (Fsp3) is 0.500. The molecule has 0 saturated carbocycles. The van der Waals surface area contributed by atoms with Gasteiger partial charge in [-0.1, -0.05) is 83.1 Å². The van der Waals surface area contributed by atoms with E-state index in [0.717, 1.165) is 0 Å². The molecule has 0 bridgehead atoms. The van der Waals surface area contributed by atoms with Gasteiger partial charge in [0, 0.05) is 38.4 Å². The summed E-state index contributed by atoms with van der Waals surface area (Å²) in [5, 5.41) is 20.3. The molecule has 93 heavy (non-hydrogen) atoms. The quantitative estimate of drug-likeness (QED) is 0.0386. The zero-order valence-electron chi connectivity index (χ0n) is 54.6. The number of ether oxygens (including phenoxy) is 6. The molecule has 0 spiro atoms. The Morgan fingerprint density at radius 2 is 0.645 bits per heavy atom. The van der Waals surface area contributed by atoms with Gasteiger partial charge in [0.1, 0.15) is 70.3 Å². The fourth-order valence-electron chi connectivity index (χ4n) is 10.3. The summed E-state index contributed by atoms with van der Waals surface area (Å²) in [6.45, 7) is 24.5. The van der Waals surface area contributed by atoms with Gasteiger partial charge in [0.25, 0.3) is 0 Å². The molecule has 3 aliphatic rings. The third-order valence-corrected chi connectivity index (χ3v) is 19.3. The molecular weight excluding hydrogens is 1280 g/mol. The molecule has 3 aromatic carbocycles. The van der Waals surface area contributed by atoms with Crippen molar-refractivity contribution >= 4 is 64.9 Å². The van der Waals surface area contributed by atoms with E-state index in [-0.39, 0.29) is 123 Å². The molecule has 6 heterocycles. The van der Waals surface area contributed by atoms with Crippen molar-refractivity contribution in [2.45, 2.75) is 171 Å². The summed E-state index contributed by atoms with van der Waals surface area (Å²) in [4.78, 5) is 38.1. The molecule has 9 rings (SSSR count). The number of aromatic nitrogens is 6. The zero-order valence-corrected chi connectivity index (χ0v) is 57.0. The molecular formula is C60H84F3N15O12S3. The highest BCUT2D eigenvalue weighted by Crippen LogP contribution is 2.38. The van der Waals surface area contributed by atoms with Crippen LogP contribution in [0.4, 0.5) is 44.6 Å². The number of nitrogens with one attached hydrogen (secondary N) is 9. The van der Waals surface area contributed by atoms with Gasteiger partial charge < -0.3 is 44.4 Å². The second-order valence-electron chi connectivity index (χ2n) is 24.1. The van der Waals surface area contributed by atoms with Crippen molar-refractivity contribution < 1.29 is 68.6 Å². The van der Waals surface area contributed by atoms with Crippen molar-refractivity contribution in [1.82, 2.24) is 43.5 Å². The molecule has 510 valence electrons. The van der Waals surface area contributed by atoms with Crippen LogP contribution in [0.3, 0.4) is 0 Å². The number of fused-ring (bicyclic) bond motifs is 3. The first kappa shape index (κ1) is 72.4. The van der Waals surface area contributed by atoms with Crippen LogP contribution in [0.25, 0.3) is 0 Å². The number of rotatable bonds is 18. The molecule has 3 aliphatic heterocycles. The largest absolute Gasteiger partial charge is 0.474 e. The highest BCUT2D eigenvalue weighted by molar-refractivity contribution is 7.91. The normalized spacial score (nSPS) is 17.7. The molecule has 6 amide bonds. The van der Waals surface area contributed by atoms with Crippen LogP contribution in [-0.4, -0.2) is 120 Å². The Bertz CT molecular complexity index is 3570. The lowest BCUT2D eigenvalue weighted by atomic mass is 9.92. The standard InChI is InChI=1S/3C20H28FN5O4S/c3*1-11(2)15-6-13(21)7-16(12(3)4)18(15)24-20(27)25-31(22,28)17-8-23-26-9-14(29-5)10-30-19(17)26/h3*6-8,11-12,14H,9-10H2,1-5H3,(H3,22,24,25,27,28)/t3*14-,31?/m000/s1. The molecule has 3 aromatic heterocycles. The van der Waals surface area contributed by atoms with E-state index in [1.54, 1.807) is 21.3 Å². The van der Waals surface area contributed by atoms with E-state index < -0.39 is 47.8 Å². The SMILES string of the molecule is CO[C@@H]1COc2c(S(=N)(=O)NC(=O)Nc3c(C(C)C)cc(F)cc3C(C)C)cnn2C1.CO[C@@H]1COc2c(S(=N)(=O)NC(=O)Nc3c(C(C)C)cc(F)cc3C(C)C)cnn2C1.CO[C@@H]1COc2c(S(=N)(=O)NC(=O)Nc3c(C(C)C)cc(F)cc3C(C)C)cnn2C1. The summed E-state index contributed by atoms with van der Waals surface area (Å²) in [6, 6.07) is 5.74. The van der Waals surface area contributed by atoms with Crippen LogP contribution >= 0.6 is 0 Å². The lowest BCUT2D eigenvalue weighted by Crippen LogP contribution is -2.35. The minimum Gasteiger partial charge on any atom is -0.474 e. The Hall–Kier alpha value is -7.98. The number of anilines is 3. The summed E-state index contributed by atoms with van der Waals surface area (Å²) >= 11 is 0. The summed E-state index contributed by atoms with van der Waals surface area (Å²) in [5.41, 5.74) is 5.07. The predicted octanol–water partition coefficient (Wildman–Crippen LogP) is 11.5. The molecule has 33 heteroatoms. The van der Waals surface area contributed by atoms with Gasteiger partial charge in [0.15, 0.2) is 29.7 Å². The number of hydrogen-bond acceptors (Lipinski definition) is 18. The number of urea groups is 3. The maximum absolute atomic E-state index is 14.1. The van der Waals surface area contributed by atoms with Gasteiger partial charge >= 0.3 is 18.1 Å². The lowest BCUT2D eigenvalue weighted by Gasteiger charge is -2.24. The molecule has 9 N–H and O–H groups in total. The minimum atomic E-state index is -3.76. The summed E-state index contributed by atoms with van der Waals surface area (Å²) in [5.74, 6) is -1.03. The van der Waals surface area contributed by atoms with Gasteiger partial charge in [-0.25, -0.2) is 82.7 Å². The first-order valence-corrected chi connectivity index (χ1v) is 34.5. The van der Waals surface area contributed by atoms with Gasteiger partial charge in [-0.2, -0.15) is 15.3 Å². The Balaban J connectivity index is 0.000000198. The van der Waals surface area contributed by atoms with E-state index >= 15 is 0 Å². The van der Waals surface area contributed by atoms with Crippen LogP contribution in [0, 0.1) is 31.8 Å². The van der Waals surface area contributed by atoms with Crippen LogP contribution in [0.2, 0.25) is 0 Å². The molecule has 0 fully saturated rings. The van der Waals surface area contributed by atoms with Crippen molar-refractivity contribution in [1.29, 1.82) is 14.3 Å². The third-order valence-electron chi connectivity index (χ3n) is 15.2. The van der Waals surface area contributed by atoms with Gasteiger partial charge in [-0.3, -0.25) is 0 Å². The number of benzene rings is 3. The van der Waals surface area contributed by atoms with Crippen LogP contribution < -0.4 is 44.3 Å². The van der Waals surface area contributed by atoms with Gasteiger partial charge in [-0.15, -0.1) is 0 Å². The van der Waals surface area contributed by atoms with Gasteiger partial charge in [0.05, 0.1) is 38.2 Å². The van der Waals surface area contributed by atoms with Crippen LogP contribution in [0.5, 0.6) is 17.6 Å². The lowest BCUT2D eigenvalue weighted by molar-refractivity contribution is 0.0165. The summed E-state index contributed by atoms with van der Waals surface area (Å²) in [7, 11) is -6.63. The topological polar surface area (TPSA) is 355 Å². The molecule has 3 unspecified atom stereocenters. The maximum atomic E-state index is 14.1.